The maximum atomic E-state index is 13.7. The van der Waals surface area contributed by atoms with E-state index in [-0.39, 0.29) is 23.6 Å². The van der Waals surface area contributed by atoms with Crippen molar-refractivity contribution in [1.82, 2.24) is 10.2 Å². The Morgan fingerprint density at radius 2 is 1.55 bits per heavy atom. The zero-order chi connectivity index (χ0) is 24.5. The Balaban J connectivity index is 2.02. The van der Waals surface area contributed by atoms with Crippen LogP contribution in [0, 0.1) is 11.6 Å². The predicted molar refractivity (Wildman–Crippen MR) is 116 cm³/mol. The molecule has 0 aliphatic rings. The molecule has 2 rings (SSSR count). The van der Waals surface area contributed by atoms with E-state index in [1.165, 1.54) is 39.5 Å². The highest BCUT2D eigenvalue weighted by atomic mass is 19.1. The van der Waals surface area contributed by atoms with Gasteiger partial charge in [-0.15, -0.1) is 0 Å². The molecule has 0 aliphatic carbocycles. The number of carbonyl (C=O) groups is 3. The van der Waals surface area contributed by atoms with E-state index in [0.29, 0.717) is 5.75 Å². The molecular weight excluding hydrogens is 440 g/mol. The third kappa shape index (κ3) is 6.31. The molecule has 0 saturated heterocycles. The molecule has 0 spiro atoms. The highest BCUT2D eigenvalue weighted by Crippen LogP contribution is 2.38. The molecule has 11 heteroatoms. The minimum atomic E-state index is -0.935. The van der Waals surface area contributed by atoms with Crippen molar-refractivity contribution in [3.05, 3.63) is 47.5 Å². The highest BCUT2D eigenvalue weighted by molar-refractivity contribution is 5.99. The van der Waals surface area contributed by atoms with Crippen molar-refractivity contribution in [1.29, 1.82) is 0 Å². The van der Waals surface area contributed by atoms with E-state index in [2.05, 4.69) is 10.6 Å². The number of methoxy groups -OCH3 is 3. The number of anilines is 1. The van der Waals surface area contributed by atoms with Gasteiger partial charge in [-0.2, -0.15) is 0 Å². The van der Waals surface area contributed by atoms with Crippen LogP contribution in [0.4, 0.5) is 14.5 Å². The summed E-state index contributed by atoms with van der Waals surface area (Å²) in [5, 5.41) is 4.58. The number of para-hydroxylation sites is 1. The van der Waals surface area contributed by atoms with Crippen molar-refractivity contribution in [2.45, 2.75) is 6.92 Å². The smallest absolute Gasteiger partial charge is 0.251 e. The molecule has 0 unspecified atom stereocenters. The average Bonchev–Trinajstić information content (AvgIpc) is 2.81. The standard InChI is InChI=1S/C22H25F2N3O6/c1-5-27(12-18(28)26-20-14(23)7-6-8-15(20)24)19(29)11-25-22(30)13-9-16(31-2)21(33-4)17(10-13)32-3/h6-10H,5,11-12H2,1-4H3,(H,25,30)(H,26,28). The van der Waals surface area contributed by atoms with E-state index in [0.717, 1.165) is 17.0 Å². The van der Waals surface area contributed by atoms with Crippen LogP contribution in [0.2, 0.25) is 0 Å². The SMILES string of the molecule is CCN(CC(=O)Nc1c(F)cccc1F)C(=O)CNC(=O)c1cc(OC)c(OC)c(OC)c1. The first-order valence-corrected chi connectivity index (χ1v) is 9.85. The number of ether oxygens (including phenoxy) is 3. The Bertz CT molecular complexity index is 986. The van der Waals surface area contributed by atoms with E-state index >= 15 is 0 Å². The van der Waals surface area contributed by atoms with E-state index in [4.69, 9.17) is 14.2 Å². The second-order valence-corrected chi connectivity index (χ2v) is 6.65. The Morgan fingerprint density at radius 1 is 0.970 bits per heavy atom. The van der Waals surface area contributed by atoms with E-state index in [9.17, 15) is 23.2 Å². The number of rotatable bonds is 10. The van der Waals surface area contributed by atoms with Crippen molar-refractivity contribution >= 4 is 23.4 Å². The van der Waals surface area contributed by atoms with Gasteiger partial charge in [0.1, 0.15) is 17.3 Å². The summed E-state index contributed by atoms with van der Waals surface area (Å²) in [6.07, 6.45) is 0. The fourth-order valence-corrected chi connectivity index (χ4v) is 2.93. The summed E-state index contributed by atoms with van der Waals surface area (Å²) in [6.45, 7) is 0.885. The van der Waals surface area contributed by atoms with Crippen molar-refractivity contribution in [3.8, 4) is 17.2 Å². The van der Waals surface area contributed by atoms with Crippen LogP contribution in [-0.4, -0.2) is 63.6 Å². The molecule has 0 heterocycles. The number of nitrogens with one attached hydrogen (secondary N) is 2. The number of benzene rings is 2. The second-order valence-electron chi connectivity index (χ2n) is 6.65. The molecule has 2 aromatic rings. The average molecular weight is 465 g/mol. The van der Waals surface area contributed by atoms with Crippen molar-refractivity contribution < 1.29 is 37.4 Å². The van der Waals surface area contributed by atoms with Gasteiger partial charge in [0, 0.05) is 12.1 Å². The van der Waals surface area contributed by atoms with E-state index < -0.39 is 48.1 Å². The number of nitrogens with zero attached hydrogens (tertiary/aromatic N) is 1. The lowest BCUT2D eigenvalue weighted by atomic mass is 10.1. The first-order valence-electron chi connectivity index (χ1n) is 9.85. The van der Waals surface area contributed by atoms with Crippen LogP contribution in [0.1, 0.15) is 17.3 Å². The maximum absolute atomic E-state index is 13.7. The maximum Gasteiger partial charge on any atom is 0.251 e. The first-order chi connectivity index (χ1) is 15.7. The van der Waals surface area contributed by atoms with Crippen LogP contribution in [0.5, 0.6) is 17.2 Å². The Hall–Kier alpha value is -3.89. The normalized spacial score (nSPS) is 10.2. The van der Waals surface area contributed by atoms with Crippen LogP contribution in [0.3, 0.4) is 0 Å². The fourth-order valence-electron chi connectivity index (χ4n) is 2.93. The van der Waals surface area contributed by atoms with Gasteiger partial charge in [0.15, 0.2) is 11.5 Å². The van der Waals surface area contributed by atoms with Crippen LogP contribution >= 0.6 is 0 Å². The van der Waals surface area contributed by atoms with Gasteiger partial charge >= 0.3 is 0 Å². The van der Waals surface area contributed by atoms with Gasteiger partial charge in [0.2, 0.25) is 17.6 Å². The number of hydrogen-bond donors (Lipinski definition) is 2. The lowest BCUT2D eigenvalue weighted by Crippen LogP contribution is -2.43. The third-order valence-electron chi connectivity index (χ3n) is 4.62. The number of likely N-dealkylation sites (N-methyl/N-ethyl adjacent to an activating group) is 1. The summed E-state index contributed by atoms with van der Waals surface area (Å²) in [5.74, 6) is -2.97. The quantitative estimate of drug-likeness (QED) is 0.557. The summed E-state index contributed by atoms with van der Waals surface area (Å²) in [4.78, 5) is 38.3. The summed E-state index contributed by atoms with van der Waals surface area (Å²) in [7, 11) is 4.23. The molecular formula is C22H25F2N3O6. The molecule has 9 nitrogen and oxygen atoms in total. The molecule has 2 aromatic carbocycles. The van der Waals surface area contributed by atoms with Gasteiger partial charge in [-0.3, -0.25) is 14.4 Å². The van der Waals surface area contributed by atoms with Gasteiger partial charge in [-0.05, 0) is 31.2 Å². The molecule has 2 N–H and O–H groups in total. The molecule has 0 atom stereocenters. The van der Waals surface area contributed by atoms with Crippen LogP contribution in [-0.2, 0) is 9.59 Å². The largest absolute Gasteiger partial charge is 0.493 e. The van der Waals surface area contributed by atoms with E-state index in [1.54, 1.807) is 6.92 Å². The van der Waals surface area contributed by atoms with E-state index in [1.807, 2.05) is 0 Å². The Labute approximate surface area is 189 Å². The lowest BCUT2D eigenvalue weighted by molar-refractivity contribution is -0.133. The molecule has 0 aromatic heterocycles. The second kappa shape index (κ2) is 11.7. The third-order valence-corrected chi connectivity index (χ3v) is 4.62. The zero-order valence-corrected chi connectivity index (χ0v) is 18.7. The monoisotopic (exact) mass is 465 g/mol. The molecule has 178 valence electrons. The fraction of sp³-hybridized carbons (Fsp3) is 0.318. The predicted octanol–water partition coefficient (Wildman–Crippen LogP) is 2.21. The first kappa shape index (κ1) is 25.4. The van der Waals surface area contributed by atoms with Gasteiger partial charge in [-0.25, -0.2) is 8.78 Å². The molecule has 33 heavy (non-hydrogen) atoms. The highest BCUT2D eigenvalue weighted by Gasteiger charge is 2.21. The van der Waals surface area contributed by atoms with Crippen LogP contribution < -0.4 is 24.8 Å². The molecule has 0 aliphatic heterocycles. The van der Waals surface area contributed by atoms with Gasteiger partial charge in [-0.1, -0.05) is 6.07 Å². The molecule has 0 saturated carbocycles. The Kier molecular flexibility index (Phi) is 8.96. The molecule has 3 amide bonds. The van der Waals surface area contributed by atoms with Crippen LogP contribution in [0.25, 0.3) is 0 Å². The summed E-state index contributed by atoms with van der Waals surface area (Å²) < 4.78 is 43.0. The minimum absolute atomic E-state index is 0.131. The molecule has 0 radical (unpaired) electrons. The van der Waals surface area contributed by atoms with Crippen molar-refractivity contribution in [2.24, 2.45) is 0 Å². The summed E-state index contributed by atoms with van der Waals surface area (Å²) in [6, 6.07) is 6.02. The van der Waals surface area contributed by atoms with Crippen molar-refractivity contribution in [2.75, 3.05) is 46.3 Å². The van der Waals surface area contributed by atoms with Crippen LogP contribution in [0.15, 0.2) is 30.3 Å². The number of carbonyl (C=O) groups excluding carboxylic acids is 3. The number of hydrogen-bond acceptors (Lipinski definition) is 6. The summed E-state index contributed by atoms with van der Waals surface area (Å²) in [5.41, 5.74) is -0.435. The van der Waals surface area contributed by atoms with Gasteiger partial charge in [0.05, 0.1) is 34.4 Å². The van der Waals surface area contributed by atoms with Gasteiger partial charge in [0.25, 0.3) is 5.91 Å². The topological polar surface area (TPSA) is 106 Å². The number of halogens is 2. The zero-order valence-electron chi connectivity index (χ0n) is 18.7. The number of amides is 3. The molecule has 0 bridgehead atoms. The lowest BCUT2D eigenvalue weighted by Gasteiger charge is -2.21. The Morgan fingerprint density at radius 3 is 2.03 bits per heavy atom. The summed E-state index contributed by atoms with van der Waals surface area (Å²) >= 11 is 0. The molecule has 0 fully saturated rings. The minimum Gasteiger partial charge on any atom is -0.493 e. The van der Waals surface area contributed by atoms with Crippen molar-refractivity contribution in [3.63, 3.8) is 0 Å². The van der Waals surface area contributed by atoms with Gasteiger partial charge < -0.3 is 29.7 Å².